The third kappa shape index (κ3) is 3.90. The first-order valence-electron chi connectivity index (χ1n) is 6.32. The van der Waals surface area contributed by atoms with Gasteiger partial charge in [0, 0.05) is 5.56 Å². The largest absolute Gasteiger partial charge is 0.638 e. The van der Waals surface area contributed by atoms with Crippen LogP contribution in [0.15, 0.2) is 30.3 Å². The lowest BCUT2D eigenvalue weighted by molar-refractivity contribution is -0.146. The van der Waals surface area contributed by atoms with E-state index >= 15 is 0 Å². The Morgan fingerprint density at radius 2 is 1.71 bits per heavy atom. The van der Waals surface area contributed by atoms with Crippen molar-refractivity contribution in [2.75, 3.05) is 20.1 Å². The molecule has 0 spiro atoms. The fourth-order valence-corrected chi connectivity index (χ4v) is 1.88. The maximum Gasteiger partial charge on any atom is 0.638 e. The molecule has 0 bridgehead atoms. The van der Waals surface area contributed by atoms with Gasteiger partial charge >= 0.3 is 19.1 Å². The van der Waals surface area contributed by atoms with Crippen molar-refractivity contribution in [3.05, 3.63) is 35.9 Å². The zero-order valence-corrected chi connectivity index (χ0v) is 11.4. The Balaban J connectivity index is 2.13. The van der Waals surface area contributed by atoms with Crippen LogP contribution in [0.2, 0.25) is 0 Å². The number of aliphatic hydroxyl groups excluding tert-OH is 1. The summed E-state index contributed by atoms with van der Waals surface area (Å²) in [6.07, 6.45) is 0. The number of Topliss-reactive ketones (excluding diaryl/α,β-unsaturated/α-hetero) is 1. The summed E-state index contributed by atoms with van der Waals surface area (Å²) in [5.41, 5.74) is 0.233. The van der Waals surface area contributed by atoms with Crippen molar-refractivity contribution in [3.63, 3.8) is 0 Å². The predicted octanol–water partition coefficient (Wildman–Crippen LogP) is -0.711. The zero-order chi connectivity index (χ0) is 15.4. The van der Waals surface area contributed by atoms with E-state index in [0.29, 0.717) is 0 Å². The summed E-state index contributed by atoms with van der Waals surface area (Å²) in [7, 11) is -0.0830. The lowest BCUT2D eigenvalue weighted by Gasteiger charge is -2.24. The first kappa shape index (κ1) is 15.2. The minimum absolute atomic E-state index is 0.127. The molecule has 2 rings (SSSR count). The number of carbonyl (C=O) groups excluding carboxylic acids is 3. The van der Waals surface area contributed by atoms with Crippen LogP contribution in [0.25, 0.3) is 0 Å². The summed E-state index contributed by atoms with van der Waals surface area (Å²) >= 11 is 0. The molecule has 21 heavy (non-hydrogen) atoms. The average molecular weight is 291 g/mol. The molecule has 0 radical (unpaired) electrons. The van der Waals surface area contributed by atoms with E-state index in [1.807, 2.05) is 0 Å². The quantitative estimate of drug-likeness (QED) is 0.580. The van der Waals surface area contributed by atoms with Gasteiger partial charge in [-0.25, -0.2) is 0 Å². The van der Waals surface area contributed by atoms with Crippen molar-refractivity contribution in [2.24, 2.45) is 0 Å². The van der Waals surface area contributed by atoms with E-state index in [1.165, 1.54) is 17.0 Å². The molecule has 1 aliphatic rings. The number of aliphatic hydroxyl groups is 1. The second-order valence-corrected chi connectivity index (χ2v) is 4.70. The summed E-state index contributed by atoms with van der Waals surface area (Å²) in [6, 6.07) is 6.23. The number of hydrogen-bond donors (Lipinski definition) is 1. The number of benzene rings is 1. The van der Waals surface area contributed by atoms with Gasteiger partial charge in [0.05, 0.1) is 13.1 Å². The van der Waals surface area contributed by atoms with E-state index in [-0.39, 0.29) is 18.7 Å². The molecule has 1 aromatic carbocycles. The van der Waals surface area contributed by atoms with E-state index in [1.54, 1.807) is 25.2 Å². The highest BCUT2D eigenvalue weighted by atomic mass is 16.6. The van der Waals surface area contributed by atoms with Gasteiger partial charge in [-0.15, -0.1) is 0 Å². The number of hydrogen-bond acceptors (Lipinski definition) is 7. The van der Waals surface area contributed by atoms with Gasteiger partial charge in [-0.05, 0) is 7.05 Å². The van der Waals surface area contributed by atoms with Gasteiger partial charge in [0.25, 0.3) is 0 Å². The zero-order valence-electron chi connectivity index (χ0n) is 11.4. The van der Waals surface area contributed by atoms with E-state index in [9.17, 15) is 19.5 Å². The molecular weight excluding hydrogens is 277 g/mol. The first-order valence-corrected chi connectivity index (χ1v) is 6.32. The van der Waals surface area contributed by atoms with E-state index in [2.05, 4.69) is 0 Å². The fourth-order valence-electron chi connectivity index (χ4n) is 1.88. The van der Waals surface area contributed by atoms with E-state index in [0.717, 1.165) is 0 Å². The van der Waals surface area contributed by atoms with Gasteiger partial charge in [0.2, 0.25) is 0 Å². The molecule has 1 unspecified atom stereocenters. The van der Waals surface area contributed by atoms with Crippen LogP contribution in [0.4, 0.5) is 0 Å². The van der Waals surface area contributed by atoms with Gasteiger partial charge in [-0.2, -0.15) is 0 Å². The van der Waals surface area contributed by atoms with Crippen LogP contribution < -0.4 is 0 Å². The maximum absolute atomic E-state index is 12.1. The fraction of sp³-hybridized carbons (Fsp3) is 0.308. The van der Waals surface area contributed by atoms with Crippen LogP contribution in [-0.4, -0.2) is 61.0 Å². The smallest absolute Gasteiger partial charge is 0.496 e. The molecular formula is C13H14BNO6. The van der Waals surface area contributed by atoms with Gasteiger partial charge in [0.15, 0.2) is 11.8 Å². The Labute approximate surface area is 121 Å². The molecule has 7 nitrogen and oxygen atoms in total. The molecule has 1 aliphatic heterocycles. The number of carbonyl (C=O) groups is 3. The Kier molecular flexibility index (Phi) is 4.72. The summed E-state index contributed by atoms with van der Waals surface area (Å²) in [5, 5.41) is 10.00. The van der Waals surface area contributed by atoms with Crippen molar-refractivity contribution in [1.82, 2.24) is 4.90 Å². The van der Waals surface area contributed by atoms with Crippen LogP contribution >= 0.6 is 0 Å². The number of likely N-dealkylation sites (N-methyl/N-ethyl adjacent to an activating group) is 1. The minimum atomic E-state index is -1.76. The standard InChI is InChI=1S/C13H14BNO6/c1-15-7-10(16)20-14(21-11(17)8-15)13(19)12(18)9-5-3-2-4-6-9/h2-6,13,19H,7-8H2,1H3. The topological polar surface area (TPSA) is 93.1 Å². The highest BCUT2D eigenvalue weighted by Gasteiger charge is 2.43. The molecule has 0 aromatic heterocycles. The van der Waals surface area contributed by atoms with Crippen LogP contribution in [0.1, 0.15) is 10.4 Å². The second-order valence-electron chi connectivity index (χ2n) is 4.70. The summed E-state index contributed by atoms with van der Waals surface area (Å²) in [4.78, 5) is 36.6. The van der Waals surface area contributed by atoms with Crippen LogP contribution in [0, 0.1) is 0 Å². The molecule has 0 aliphatic carbocycles. The monoisotopic (exact) mass is 291 g/mol. The van der Waals surface area contributed by atoms with E-state index < -0.39 is 30.8 Å². The number of nitrogens with zero attached hydrogens (tertiary/aromatic N) is 1. The van der Waals surface area contributed by atoms with Crippen molar-refractivity contribution in [2.45, 2.75) is 6.00 Å². The Morgan fingerprint density at radius 1 is 1.19 bits per heavy atom. The van der Waals surface area contributed by atoms with Crippen molar-refractivity contribution in [3.8, 4) is 0 Å². The normalized spacial score (nSPS) is 18.3. The van der Waals surface area contributed by atoms with Crippen LogP contribution in [-0.2, 0) is 18.9 Å². The lowest BCUT2D eigenvalue weighted by Crippen LogP contribution is -2.50. The Morgan fingerprint density at radius 3 is 2.24 bits per heavy atom. The minimum Gasteiger partial charge on any atom is -0.496 e. The lowest BCUT2D eigenvalue weighted by atomic mass is 9.76. The van der Waals surface area contributed by atoms with Crippen molar-refractivity contribution in [1.29, 1.82) is 0 Å². The summed E-state index contributed by atoms with van der Waals surface area (Å²) in [6.45, 7) is -0.254. The second kappa shape index (κ2) is 6.51. The SMILES string of the molecule is CN1CC(=O)OB(C(O)C(=O)c2ccccc2)OC(=O)C1. The van der Waals surface area contributed by atoms with Crippen molar-refractivity contribution >= 4 is 24.8 Å². The number of ketones is 1. The molecule has 1 fully saturated rings. The third-order valence-electron chi connectivity index (χ3n) is 2.88. The third-order valence-corrected chi connectivity index (χ3v) is 2.88. The van der Waals surface area contributed by atoms with Crippen LogP contribution in [0.5, 0.6) is 0 Å². The number of rotatable bonds is 3. The summed E-state index contributed by atoms with van der Waals surface area (Å²) in [5.74, 6) is -2.06. The van der Waals surface area contributed by atoms with Gasteiger partial charge in [-0.3, -0.25) is 19.3 Å². The van der Waals surface area contributed by atoms with Gasteiger partial charge < -0.3 is 14.4 Å². The summed E-state index contributed by atoms with van der Waals surface area (Å²) < 4.78 is 9.68. The molecule has 0 amide bonds. The molecule has 1 atom stereocenters. The predicted molar refractivity (Wildman–Crippen MR) is 72.2 cm³/mol. The molecule has 1 saturated heterocycles. The van der Waals surface area contributed by atoms with Crippen LogP contribution in [0.3, 0.4) is 0 Å². The molecule has 1 aromatic rings. The van der Waals surface area contributed by atoms with Gasteiger partial charge in [0.1, 0.15) is 0 Å². The molecule has 1 heterocycles. The maximum atomic E-state index is 12.1. The highest BCUT2D eigenvalue weighted by Crippen LogP contribution is 2.10. The van der Waals surface area contributed by atoms with E-state index in [4.69, 9.17) is 9.31 Å². The van der Waals surface area contributed by atoms with Crippen molar-refractivity contribution < 1.29 is 28.8 Å². The molecule has 110 valence electrons. The average Bonchev–Trinajstić information content (AvgIpc) is 2.44. The first-order chi connectivity index (χ1) is 9.97. The Hall–Kier alpha value is -2.19. The highest BCUT2D eigenvalue weighted by molar-refractivity contribution is 6.56. The molecule has 1 N–H and O–H groups in total. The Bertz CT molecular complexity index is 529. The van der Waals surface area contributed by atoms with Gasteiger partial charge in [-0.1, -0.05) is 30.3 Å². The molecule has 0 saturated carbocycles. The molecule has 8 heteroatoms.